The molecule has 0 spiro atoms. The van der Waals surface area contributed by atoms with Crippen molar-refractivity contribution in [1.82, 2.24) is 10.6 Å². The maximum atomic E-state index is 12.2. The lowest BCUT2D eigenvalue weighted by molar-refractivity contribution is -0.274. The number of esters is 2. The third kappa shape index (κ3) is 5.63. The molecule has 0 fully saturated rings. The van der Waals surface area contributed by atoms with Crippen LogP contribution in [0.5, 0.6) is 5.75 Å². The van der Waals surface area contributed by atoms with Crippen LogP contribution in [0, 0.1) is 0 Å². The Labute approximate surface area is 157 Å². The van der Waals surface area contributed by atoms with Crippen LogP contribution in [0.25, 0.3) is 0 Å². The van der Waals surface area contributed by atoms with E-state index >= 15 is 0 Å². The number of nitrogens with one attached hydrogen (secondary N) is 2. The fourth-order valence-corrected chi connectivity index (χ4v) is 2.41. The first-order chi connectivity index (χ1) is 13.1. The van der Waals surface area contributed by atoms with E-state index in [4.69, 9.17) is 9.47 Å². The summed E-state index contributed by atoms with van der Waals surface area (Å²) in [7, 11) is 0. The Morgan fingerprint density at radius 1 is 1.11 bits per heavy atom. The van der Waals surface area contributed by atoms with Gasteiger partial charge < -0.3 is 24.8 Å². The maximum absolute atomic E-state index is 12.2. The standard InChI is InChI=1S/C17H17F3N2O6/c1-3-26-15(24)13-9(2)21-16(25)22-12(13)8-27-14(23)10-4-6-11(7-5-10)28-17(18,19)20/h4-7,9H,3,8H2,1-2H3,(H2,21,22,25). The zero-order valence-electron chi connectivity index (χ0n) is 14.9. The first-order valence-electron chi connectivity index (χ1n) is 8.11. The largest absolute Gasteiger partial charge is 0.573 e. The summed E-state index contributed by atoms with van der Waals surface area (Å²) in [5.74, 6) is -2.03. The van der Waals surface area contributed by atoms with Gasteiger partial charge in [-0.15, -0.1) is 13.2 Å². The lowest BCUT2D eigenvalue weighted by atomic mass is 10.0. The van der Waals surface area contributed by atoms with Crippen molar-refractivity contribution in [3.63, 3.8) is 0 Å². The maximum Gasteiger partial charge on any atom is 0.573 e. The fourth-order valence-electron chi connectivity index (χ4n) is 2.41. The van der Waals surface area contributed by atoms with Crippen LogP contribution in [0.4, 0.5) is 18.0 Å². The Hall–Kier alpha value is -3.24. The van der Waals surface area contributed by atoms with Crippen LogP contribution in [0.15, 0.2) is 35.5 Å². The van der Waals surface area contributed by atoms with Crippen molar-refractivity contribution in [3.8, 4) is 5.75 Å². The third-order valence-corrected chi connectivity index (χ3v) is 3.54. The van der Waals surface area contributed by atoms with Crippen LogP contribution in [0.1, 0.15) is 24.2 Å². The van der Waals surface area contributed by atoms with Crippen molar-refractivity contribution >= 4 is 18.0 Å². The smallest absolute Gasteiger partial charge is 0.463 e. The van der Waals surface area contributed by atoms with Gasteiger partial charge in [-0.05, 0) is 38.1 Å². The van der Waals surface area contributed by atoms with E-state index in [1.54, 1.807) is 13.8 Å². The quantitative estimate of drug-likeness (QED) is 0.708. The zero-order valence-corrected chi connectivity index (χ0v) is 14.9. The van der Waals surface area contributed by atoms with E-state index in [-0.39, 0.29) is 23.4 Å². The van der Waals surface area contributed by atoms with E-state index in [1.807, 2.05) is 0 Å². The second-order valence-electron chi connectivity index (χ2n) is 5.58. The molecule has 8 nitrogen and oxygen atoms in total. The monoisotopic (exact) mass is 402 g/mol. The van der Waals surface area contributed by atoms with Crippen LogP contribution in [0.3, 0.4) is 0 Å². The molecule has 152 valence electrons. The van der Waals surface area contributed by atoms with E-state index in [1.165, 1.54) is 0 Å². The zero-order chi connectivity index (χ0) is 20.9. The molecule has 1 aromatic carbocycles. The lowest BCUT2D eigenvalue weighted by Crippen LogP contribution is -2.50. The average molecular weight is 402 g/mol. The number of ether oxygens (including phenoxy) is 3. The normalized spacial score (nSPS) is 16.8. The number of carbonyl (C=O) groups is 3. The summed E-state index contributed by atoms with van der Waals surface area (Å²) in [6.45, 7) is 2.85. The van der Waals surface area contributed by atoms with Crippen LogP contribution in [-0.2, 0) is 14.3 Å². The second-order valence-corrected chi connectivity index (χ2v) is 5.58. The van der Waals surface area contributed by atoms with Gasteiger partial charge in [0.1, 0.15) is 12.4 Å². The molecule has 1 aliphatic rings. The molecule has 0 saturated carbocycles. The van der Waals surface area contributed by atoms with Crippen molar-refractivity contribution in [1.29, 1.82) is 0 Å². The number of urea groups is 1. The van der Waals surface area contributed by atoms with E-state index in [0.29, 0.717) is 0 Å². The van der Waals surface area contributed by atoms with Crippen molar-refractivity contribution in [3.05, 3.63) is 41.1 Å². The summed E-state index contributed by atoms with van der Waals surface area (Å²) in [6, 6.07) is 2.85. The predicted molar refractivity (Wildman–Crippen MR) is 88.2 cm³/mol. The highest BCUT2D eigenvalue weighted by Crippen LogP contribution is 2.23. The molecule has 0 aliphatic carbocycles. The summed E-state index contributed by atoms with van der Waals surface area (Å²) in [5, 5.41) is 4.87. The summed E-state index contributed by atoms with van der Waals surface area (Å²) in [4.78, 5) is 35.8. The average Bonchev–Trinajstić information content (AvgIpc) is 2.58. The molecule has 0 aromatic heterocycles. The van der Waals surface area contributed by atoms with Crippen LogP contribution >= 0.6 is 0 Å². The number of hydrogen-bond donors (Lipinski definition) is 2. The molecule has 1 heterocycles. The molecule has 1 aliphatic heterocycles. The highest BCUT2D eigenvalue weighted by atomic mass is 19.4. The molecule has 0 radical (unpaired) electrons. The fraction of sp³-hybridized carbons (Fsp3) is 0.353. The minimum Gasteiger partial charge on any atom is -0.463 e. The number of hydrogen-bond acceptors (Lipinski definition) is 6. The summed E-state index contributed by atoms with van der Waals surface area (Å²) < 4.78 is 50.1. The second kappa shape index (κ2) is 8.63. The topological polar surface area (TPSA) is 103 Å². The molecule has 1 aromatic rings. The molecular weight excluding hydrogens is 385 g/mol. The van der Waals surface area contributed by atoms with Gasteiger partial charge in [-0.1, -0.05) is 0 Å². The van der Waals surface area contributed by atoms with Crippen LogP contribution in [-0.4, -0.2) is 43.6 Å². The number of carbonyl (C=O) groups excluding carboxylic acids is 3. The van der Waals surface area contributed by atoms with E-state index < -0.39 is 42.7 Å². The number of benzene rings is 1. The Bertz CT molecular complexity index is 789. The SMILES string of the molecule is CCOC(=O)C1=C(COC(=O)c2ccc(OC(F)(F)F)cc2)NC(=O)NC1C. The Kier molecular flexibility index (Phi) is 6.49. The van der Waals surface area contributed by atoms with Gasteiger partial charge in [-0.2, -0.15) is 0 Å². The number of amides is 2. The molecule has 2 amide bonds. The van der Waals surface area contributed by atoms with Crippen molar-refractivity contribution in [2.24, 2.45) is 0 Å². The van der Waals surface area contributed by atoms with Gasteiger partial charge in [-0.3, -0.25) is 0 Å². The highest BCUT2D eigenvalue weighted by Gasteiger charge is 2.32. The molecule has 2 N–H and O–H groups in total. The Morgan fingerprint density at radius 3 is 2.32 bits per heavy atom. The summed E-state index contributed by atoms with van der Waals surface area (Å²) >= 11 is 0. The third-order valence-electron chi connectivity index (χ3n) is 3.54. The van der Waals surface area contributed by atoms with E-state index in [9.17, 15) is 27.6 Å². The highest BCUT2D eigenvalue weighted by molar-refractivity contribution is 5.95. The molecule has 0 saturated heterocycles. The first-order valence-corrected chi connectivity index (χ1v) is 8.11. The van der Waals surface area contributed by atoms with Gasteiger partial charge in [0.2, 0.25) is 0 Å². The number of rotatable bonds is 6. The minimum atomic E-state index is -4.85. The van der Waals surface area contributed by atoms with Gasteiger partial charge in [-0.25, -0.2) is 14.4 Å². The number of alkyl halides is 3. The lowest BCUT2D eigenvalue weighted by Gasteiger charge is -2.26. The van der Waals surface area contributed by atoms with Gasteiger partial charge in [0.05, 0.1) is 29.5 Å². The van der Waals surface area contributed by atoms with Crippen LogP contribution in [0.2, 0.25) is 0 Å². The molecule has 2 rings (SSSR count). The summed E-state index contributed by atoms with van der Waals surface area (Å²) in [5.41, 5.74) is 0.115. The molecule has 1 unspecified atom stereocenters. The first kappa shape index (κ1) is 21.1. The van der Waals surface area contributed by atoms with Crippen molar-refractivity contribution < 1.29 is 41.8 Å². The predicted octanol–water partition coefficient (Wildman–Crippen LogP) is 2.26. The minimum absolute atomic E-state index is 0.0406. The molecule has 11 heteroatoms. The number of halogens is 3. The molecule has 28 heavy (non-hydrogen) atoms. The van der Waals surface area contributed by atoms with Crippen LogP contribution < -0.4 is 15.4 Å². The van der Waals surface area contributed by atoms with Gasteiger partial charge in [0.25, 0.3) is 0 Å². The van der Waals surface area contributed by atoms with Gasteiger partial charge >= 0.3 is 24.3 Å². The molecule has 0 bridgehead atoms. The van der Waals surface area contributed by atoms with Gasteiger partial charge in [0.15, 0.2) is 0 Å². The summed E-state index contributed by atoms with van der Waals surface area (Å²) in [6.07, 6.45) is -4.85. The van der Waals surface area contributed by atoms with Crippen molar-refractivity contribution in [2.45, 2.75) is 26.3 Å². The van der Waals surface area contributed by atoms with E-state index in [2.05, 4.69) is 15.4 Å². The van der Waals surface area contributed by atoms with Crippen molar-refractivity contribution in [2.75, 3.05) is 13.2 Å². The molecular formula is C17H17F3N2O6. The molecule has 1 atom stereocenters. The Balaban J connectivity index is 2.09. The van der Waals surface area contributed by atoms with E-state index in [0.717, 1.165) is 24.3 Å². The Morgan fingerprint density at radius 2 is 1.75 bits per heavy atom. The van der Waals surface area contributed by atoms with Gasteiger partial charge in [0, 0.05) is 0 Å².